The van der Waals surface area contributed by atoms with Crippen LogP contribution < -0.4 is 9.47 Å². The lowest BCUT2D eigenvalue weighted by molar-refractivity contribution is -0.130. The van der Waals surface area contributed by atoms with E-state index in [9.17, 15) is 9.90 Å². The van der Waals surface area contributed by atoms with E-state index in [1.54, 1.807) is 20.3 Å². The van der Waals surface area contributed by atoms with E-state index in [0.29, 0.717) is 5.56 Å². The van der Waals surface area contributed by atoms with Gasteiger partial charge in [-0.2, -0.15) is 0 Å². The second kappa shape index (κ2) is 8.90. The van der Waals surface area contributed by atoms with Crippen molar-refractivity contribution >= 4 is 23.3 Å². The van der Waals surface area contributed by atoms with Gasteiger partial charge in [-0.25, -0.2) is 4.79 Å². The first-order valence-electron chi connectivity index (χ1n) is 9.99. The van der Waals surface area contributed by atoms with Crippen LogP contribution in [0.25, 0.3) is 5.57 Å². The molecule has 2 atom stereocenters. The number of hydrogen-bond acceptors (Lipinski definition) is 4. The minimum Gasteiger partial charge on any atom is -0.497 e. The average molecular weight is 433 g/mol. The van der Waals surface area contributed by atoms with E-state index in [4.69, 9.17) is 9.47 Å². The van der Waals surface area contributed by atoms with Crippen molar-refractivity contribution in [2.24, 2.45) is 0 Å². The van der Waals surface area contributed by atoms with Gasteiger partial charge >= 0.3 is 5.97 Å². The summed E-state index contributed by atoms with van der Waals surface area (Å²) >= 11 is 1.82. The van der Waals surface area contributed by atoms with Crippen LogP contribution in [0.3, 0.4) is 0 Å². The predicted octanol–water partition coefficient (Wildman–Crippen LogP) is 5.82. The van der Waals surface area contributed by atoms with Crippen molar-refractivity contribution in [3.8, 4) is 11.5 Å². The lowest BCUT2D eigenvalue weighted by atomic mass is 9.77. The lowest BCUT2D eigenvalue weighted by Crippen LogP contribution is -2.20. The molecule has 0 bridgehead atoms. The number of carboxylic acids is 1. The molecule has 1 heterocycles. The van der Waals surface area contributed by atoms with Crippen molar-refractivity contribution in [1.82, 2.24) is 0 Å². The van der Waals surface area contributed by atoms with Crippen molar-refractivity contribution in [1.29, 1.82) is 0 Å². The number of aliphatic carboxylic acids is 1. The standard InChI is InChI=1S/C26H24O4S/c1-16(26(27)28)18-5-4-6-19(13-18)25-22-12-11-21(30-3)14-24(22)31-15-23(25)17-7-9-20(29-2)10-8-17/h4-14,23,25H,1,15H2,2-3H3,(H,27,28). The van der Waals surface area contributed by atoms with Gasteiger partial charge < -0.3 is 14.6 Å². The topological polar surface area (TPSA) is 55.8 Å². The maximum atomic E-state index is 11.5. The molecule has 0 fully saturated rings. The number of benzene rings is 3. The van der Waals surface area contributed by atoms with Crippen LogP contribution in [0, 0.1) is 0 Å². The van der Waals surface area contributed by atoms with Crippen LogP contribution in [0.1, 0.15) is 34.1 Å². The molecule has 0 amide bonds. The van der Waals surface area contributed by atoms with Gasteiger partial charge in [0, 0.05) is 22.5 Å². The van der Waals surface area contributed by atoms with Crippen LogP contribution in [0.5, 0.6) is 11.5 Å². The Balaban J connectivity index is 1.83. The second-order valence-corrected chi connectivity index (χ2v) is 8.54. The zero-order valence-electron chi connectivity index (χ0n) is 17.5. The number of thioether (sulfide) groups is 1. The molecular formula is C26H24O4S. The smallest absolute Gasteiger partial charge is 0.335 e. The Hall–Kier alpha value is -3.18. The molecule has 1 N–H and O–H groups in total. The third kappa shape index (κ3) is 4.19. The van der Waals surface area contributed by atoms with Gasteiger partial charge in [0.25, 0.3) is 0 Å². The first-order chi connectivity index (χ1) is 15.0. The van der Waals surface area contributed by atoms with Crippen molar-refractivity contribution in [2.75, 3.05) is 20.0 Å². The fraction of sp³-hybridized carbons (Fsp3) is 0.192. The number of carbonyl (C=O) groups is 1. The highest BCUT2D eigenvalue weighted by Gasteiger charge is 2.33. The van der Waals surface area contributed by atoms with Crippen LogP contribution in [0.15, 0.2) is 78.2 Å². The van der Waals surface area contributed by atoms with Crippen LogP contribution in [-0.4, -0.2) is 31.0 Å². The fourth-order valence-electron chi connectivity index (χ4n) is 4.11. The molecule has 31 heavy (non-hydrogen) atoms. The highest BCUT2D eigenvalue weighted by molar-refractivity contribution is 7.99. The summed E-state index contributed by atoms with van der Waals surface area (Å²) in [6, 6.07) is 22.2. The molecule has 0 saturated heterocycles. The van der Waals surface area contributed by atoms with Crippen molar-refractivity contribution in [2.45, 2.75) is 16.7 Å². The molecule has 0 saturated carbocycles. The van der Waals surface area contributed by atoms with Gasteiger partial charge in [-0.15, -0.1) is 11.8 Å². The van der Waals surface area contributed by atoms with Gasteiger partial charge in [0.05, 0.1) is 19.8 Å². The molecule has 0 radical (unpaired) electrons. The van der Waals surface area contributed by atoms with Crippen LogP contribution in [-0.2, 0) is 4.79 Å². The Morgan fingerprint density at radius 2 is 1.68 bits per heavy atom. The van der Waals surface area contributed by atoms with Gasteiger partial charge in [0.1, 0.15) is 11.5 Å². The molecular weight excluding hydrogens is 408 g/mol. The normalized spacial score (nSPS) is 17.5. The number of hydrogen-bond donors (Lipinski definition) is 1. The van der Waals surface area contributed by atoms with E-state index in [1.807, 2.05) is 42.1 Å². The zero-order valence-corrected chi connectivity index (χ0v) is 18.3. The van der Waals surface area contributed by atoms with Gasteiger partial charge in [-0.3, -0.25) is 0 Å². The maximum absolute atomic E-state index is 11.5. The van der Waals surface area contributed by atoms with Gasteiger partial charge in [-0.1, -0.05) is 49.0 Å². The Morgan fingerprint density at radius 3 is 2.35 bits per heavy atom. The van der Waals surface area contributed by atoms with Gasteiger partial charge in [-0.05, 0) is 46.5 Å². The van der Waals surface area contributed by atoms with Crippen molar-refractivity contribution in [3.63, 3.8) is 0 Å². The van der Waals surface area contributed by atoms with Gasteiger partial charge in [0.15, 0.2) is 0 Å². The molecule has 5 heteroatoms. The molecule has 0 aromatic heterocycles. The lowest BCUT2D eigenvalue weighted by Gasteiger charge is -2.34. The van der Waals surface area contributed by atoms with Crippen LogP contribution in [0.2, 0.25) is 0 Å². The molecule has 0 aliphatic carbocycles. The third-order valence-electron chi connectivity index (χ3n) is 5.77. The molecule has 4 nitrogen and oxygen atoms in total. The summed E-state index contributed by atoms with van der Waals surface area (Å²) in [5, 5.41) is 9.40. The highest BCUT2D eigenvalue weighted by atomic mass is 32.2. The summed E-state index contributed by atoms with van der Waals surface area (Å²) < 4.78 is 10.8. The third-order valence-corrected chi connectivity index (χ3v) is 6.96. The first-order valence-corrected chi connectivity index (χ1v) is 11.0. The molecule has 1 aliphatic heterocycles. The van der Waals surface area contributed by atoms with Crippen LogP contribution in [0.4, 0.5) is 0 Å². The second-order valence-electron chi connectivity index (χ2n) is 7.48. The van der Waals surface area contributed by atoms with E-state index in [1.165, 1.54) is 16.0 Å². The monoisotopic (exact) mass is 432 g/mol. The molecule has 1 aliphatic rings. The number of rotatable bonds is 6. The SMILES string of the molecule is C=C(C(=O)O)c1cccc(C2c3ccc(OC)cc3SCC2c2ccc(OC)cc2)c1. The zero-order chi connectivity index (χ0) is 22.0. The van der Waals surface area contributed by atoms with E-state index in [0.717, 1.165) is 22.8 Å². The summed E-state index contributed by atoms with van der Waals surface area (Å²) in [7, 11) is 3.34. The average Bonchev–Trinajstić information content (AvgIpc) is 2.82. The number of ether oxygens (including phenoxy) is 2. The number of fused-ring (bicyclic) bond motifs is 1. The Kier molecular flexibility index (Phi) is 6.05. The molecule has 4 rings (SSSR count). The van der Waals surface area contributed by atoms with Crippen molar-refractivity contribution in [3.05, 3.63) is 95.6 Å². The summed E-state index contributed by atoms with van der Waals surface area (Å²) in [4.78, 5) is 12.7. The van der Waals surface area contributed by atoms with E-state index in [2.05, 4.69) is 36.9 Å². The summed E-state index contributed by atoms with van der Waals surface area (Å²) in [5.41, 5.74) is 4.25. The minimum absolute atomic E-state index is 0.0806. The largest absolute Gasteiger partial charge is 0.497 e. The molecule has 3 aromatic carbocycles. The summed E-state index contributed by atoms with van der Waals surface area (Å²) in [6.45, 7) is 3.74. The first kappa shape index (κ1) is 21.1. The molecule has 158 valence electrons. The predicted molar refractivity (Wildman–Crippen MR) is 124 cm³/mol. The highest BCUT2D eigenvalue weighted by Crippen LogP contribution is 2.50. The Morgan fingerprint density at radius 1 is 0.968 bits per heavy atom. The van der Waals surface area contributed by atoms with Crippen LogP contribution >= 0.6 is 11.8 Å². The molecule has 0 spiro atoms. The quantitative estimate of drug-likeness (QED) is 0.497. The summed E-state index contributed by atoms with van der Waals surface area (Å²) in [5.74, 6) is 1.87. The maximum Gasteiger partial charge on any atom is 0.335 e. The Labute approximate surface area is 186 Å². The van der Waals surface area contributed by atoms with Crippen molar-refractivity contribution < 1.29 is 19.4 Å². The fourth-order valence-corrected chi connectivity index (χ4v) is 5.42. The molecule has 2 unspecified atom stereocenters. The van der Waals surface area contributed by atoms with E-state index < -0.39 is 5.97 Å². The minimum atomic E-state index is -1.01. The van der Waals surface area contributed by atoms with Gasteiger partial charge in [0.2, 0.25) is 0 Å². The summed E-state index contributed by atoms with van der Waals surface area (Å²) in [6.07, 6.45) is 0. The van der Waals surface area contributed by atoms with E-state index >= 15 is 0 Å². The number of carboxylic acid groups (broad SMARTS) is 1. The number of methoxy groups -OCH3 is 2. The Bertz CT molecular complexity index is 1120. The van der Waals surface area contributed by atoms with E-state index in [-0.39, 0.29) is 17.4 Å². The molecule has 3 aromatic rings.